The van der Waals surface area contributed by atoms with Crippen LogP contribution in [0, 0.1) is 11.3 Å². The second-order valence-corrected chi connectivity index (χ2v) is 6.89. The fourth-order valence-electron chi connectivity index (χ4n) is 2.61. The normalized spacial score (nSPS) is 24.2. The Bertz CT molecular complexity index is 398. The Hall–Kier alpha value is -1.30. The summed E-state index contributed by atoms with van der Waals surface area (Å²) >= 11 is 0. The number of carboxylic acids is 1. The standard InChI is InChI=1S/C16H30N2O4/c1-6-7-8-22-13-9-12(16(13,3)4)17-15(21)18(5)10-11(2)14(19)20/h11-13H,6-10H2,1-5H3,(H,17,21)(H,19,20). The number of amides is 2. The molecule has 3 atom stereocenters. The van der Waals surface area contributed by atoms with Crippen LogP contribution < -0.4 is 5.32 Å². The third-order valence-corrected chi connectivity index (χ3v) is 4.61. The molecule has 0 aromatic heterocycles. The van der Waals surface area contributed by atoms with Gasteiger partial charge in [-0.1, -0.05) is 34.1 Å². The molecule has 0 aromatic rings. The Morgan fingerprint density at radius 3 is 2.59 bits per heavy atom. The lowest BCUT2D eigenvalue weighted by atomic mass is 9.64. The predicted octanol–water partition coefficient (Wildman–Crippen LogP) is 2.33. The van der Waals surface area contributed by atoms with Gasteiger partial charge >= 0.3 is 12.0 Å². The van der Waals surface area contributed by atoms with Gasteiger partial charge in [0.2, 0.25) is 0 Å². The molecule has 1 aliphatic carbocycles. The van der Waals surface area contributed by atoms with Crippen LogP contribution in [-0.4, -0.2) is 54.4 Å². The van der Waals surface area contributed by atoms with Gasteiger partial charge in [-0.2, -0.15) is 0 Å². The maximum absolute atomic E-state index is 12.1. The third-order valence-electron chi connectivity index (χ3n) is 4.61. The smallest absolute Gasteiger partial charge is 0.317 e. The minimum absolute atomic E-state index is 0.0641. The van der Waals surface area contributed by atoms with Crippen LogP contribution in [0.3, 0.4) is 0 Å². The number of hydrogen-bond donors (Lipinski definition) is 2. The maximum Gasteiger partial charge on any atom is 0.317 e. The number of hydrogen-bond acceptors (Lipinski definition) is 3. The fraction of sp³-hybridized carbons (Fsp3) is 0.875. The van der Waals surface area contributed by atoms with E-state index in [0.29, 0.717) is 0 Å². The number of aliphatic carboxylic acids is 1. The predicted molar refractivity (Wildman–Crippen MR) is 84.8 cm³/mol. The zero-order chi connectivity index (χ0) is 16.9. The highest BCUT2D eigenvalue weighted by Gasteiger charge is 2.49. The largest absolute Gasteiger partial charge is 0.481 e. The van der Waals surface area contributed by atoms with Crippen LogP contribution in [0.15, 0.2) is 0 Å². The van der Waals surface area contributed by atoms with Gasteiger partial charge in [-0.3, -0.25) is 4.79 Å². The first-order valence-electron chi connectivity index (χ1n) is 8.06. The van der Waals surface area contributed by atoms with Gasteiger partial charge < -0.3 is 20.1 Å². The minimum atomic E-state index is -0.895. The lowest BCUT2D eigenvalue weighted by Gasteiger charge is -2.52. The van der Waals surface area contributed by atoms with Gasteiger partial charge in [0.25, 0.3) is 0 Å². The molecule has 2 N–H and O–H groups in total. The molecule has 0 aromatic carbocycles. The zero-order valence-corrected chi connectivity index (χ0v) is 14.4. The van der Waals surface area contributed by atoms with E-state index in [1.807, 2.05) is 0 Å². The SMILES string of the molecule is CCCCOC1CC(NC(=O)N(C)CC(C)C(=O)O)C1(C)C. The van der Waals surface area contributed by atoms with Gasteiger partial charge in [-0.25, -0.2) is 4.79 Å². The van der Waals surface area contributed by atoms with Crippen LogP contribution in [0.4, 0.5) is 4.79 Å². The van der Waals surface area contributed by atoms with E-state index in [-0.39, 0.29) is 30.1 Å². The molecule has 1 saturated carbocycles. The van der Waals surface area contributed by atoms with E-state index in [1.165, 1.54) is 4.90 Å². The number of unbranched alkanes of at least 4 members (excludes halogenated alkanes) is 1. The van der Waals surface area contributed by atoms with Crippen molar-refractivity contribution >= 4 is 12.0 Å². The molecule has 3 unspecified atom stereocenters. The van der Waals surface area contributed by atoms with Crippen molar-refractivity contribution in [1.29, 1.82) is 0 Å². The van der Waals surface area contributed by atoms with E-state index in [1.54, 1.807) is 14.0 Å². The Morgan fingerprint density at radius 2 is 2.09 bits per heavy atom. The molecule has 0 saturated heterocycles. The molecule has 0 bridgehead atoms. The second-order valence-electron chi connectivity index (χ2n) is 6.89. The van der Waals surface area contributed by atoms with Crippen molar-refractivity contribution in [2.45, 2.75) is 59.1 Å². The van der Waals surface area contributed by atoms with Crippen molar-refractivity contribution in [3.63, 3.8) is 0 Å². The highest BCUT2D eigenvalue weighted by Crippen LogP contribution is 2.42. The van der Waals surface area contributed by atoms with Crippen molar-refractivity contribution in [3.05, 3.63) is 0 Å². The number of nitrogens with one attached hydrogen (secondary N) is 1. The summed E-state index contributed by atoms with van der Waals surface area (Å²) in [7, 11) is 1.62. The van der Waals surface area contributed by atoms with Gasteiger partial charge in [0, 0.05) is 31.7 Å². The quantitative estimate of drug-likeness (QED) is 0.674. The van der Waals surface area contributed by atoms with Crippen LogP contribution in [0.1, 0.15) is 47.0 Å². The van der Waals surface area contributed by atoms with Crippen molar-refractivity contribution < 1.29 is 19.4 Å². The van der Waals surface area contributed by atoms with Gasteiger partial charge in [-0.05, 0) is 12.8 Å². The summed E-state index contributed by atoms with van der Waals surface area (Å²) in [6.45, 7) is 8.88. The fourth-order valence-corrected chi connectivity index (χ4v) is 2.61. The molecule has 0 heterocycles. The van der Waals surface area contributed by atoms with Gasteiger partial charge in [0.15, 0.2) is 0 Å². The molecule has 0 aliphatic heterocycles. The second kappa shape index (κ2) is 7.81. The summed E-state index contributed by atoms with van der Waals surface area (Å²) in [4.78, 5) is 24.4. The number of rotatable bonds is 8. The Labute approximate surface area is 133 Å². The molecule has 6 heteroatoms. The highest BCUT2D eigenvalue weighted by atomic mass is 16.5. The van der Waals surface area contributed by atoms with Crippen LogP contribution in [0.25, 0.3) is 0 Å². The summed E-state index contributed by atoms with van der Waals surface area (Å²) in [6, 6.07) is -0.160. The topological polar surface area (TPSA) is 78.9 Å². The number of carboxylic acid groups (broad SMARTS) is 1. The van der Waals surface area contributed by atoms with E-state index in [0.717, 1.165) is 25.9 Å². The first-order chi connectivity index (χ1) is 10.2. The third kappa shape index (κ3) is 4.60. The first kappa shape index (κ1) is 18.7. The van der Waals surface area contributed by atoms with E-state index >= 15 is 0 Å². The molecular formula is C16H30N2O4. The molecule has 2 amide bonds. The number of urea groups is 1. The Balaban J connectivity index is 2.41. The van der Waals surface area contributed by atoms with Crippen LogP contribution in [-0.2, 0) is 9.53 Å². The molecule has 6 nitrogen and oxygen atoms in total. The lowest BCUT2D eigenvalue weighted by Crippen LogP contribution is -2.63. The average molecular weight is 314 g/mol. The zero-order valence-electron chi connectivity index (χ0n) is 14.4. The summed E-state index contributed by atoms with van der Waals surface area (Å²) in [5.41, 5.74) is -0.0946. The Kier molecular flexibility index (Phi) is 6.66. The summed E-state index contributed by atoms with van der Waals surface area (Å²) in [5.74, 6) is -1.47. The van der Waals surface area contributed by atoms with Crippen LogP contribution in [0.2, 0.25) is 0 Å². The molecule has 22 heavy (non-hydrogen) atoms. The maximum atomic E-state index is 12.1. The molecule has 0 spiro atoms. The van der Waals surface area contributed by atoms with E-state index in [4.69, 9.17) is 9.84 Å². The van der Waals surface area contributed by atoms with Crippen molar-refractivity contribution in [2.24, 2.45) is 11.3 Å². The minimum Gasteiger partial charge on any atom is -0.481 e. The lowest BCUT2D eigenvalue weighted by molar-refractivity contribution is -0.141. The molecule has 1 aliphatic rings. The molecule has 128 valence electrons. The number of nitrogens with zero attached hydrogens (tertiary/aromatic N) is 1. The van der Waals surface area contributed by atoms with Gasteiger partial charge in [-0.15, -0.1) is 0 Å². The highest BCUT2D eigenvalue weighted by molar-refractivity contribution is 5.76. The number of carbonyl (C=O) groups excluding carboxylic acids is 1. The first-order valence-corrected chi connectivity index (χ1v) is 8.06. The number of ether oxygens (including phenoxy) is 1. The summed E-state index contributed by atoms with van der Waals surface area (Å²) < 4.78 is 5.86. The van der Waals surface area contributed by atoms with Crippen LogP contribution >= 0.6 is 0 Å². The molecular weight excluding hydrogens is 284 g/mol. The van der Waals surface area contributed by atoms with Crippen molar-refractivity contribution in [2.75, 3.05) is 20.2 Å². The summed E-state index contributed by atoms with van der Waals surface area (Å²) in [6.07, 6.45) is 3.15. The van der Waals surface area contributed by atoms with Gasteiger partial charge in [0.05, 0.1) is 12.0 Å². The molecule has 0 radical (unpaired) electrons. The summed E-state index contributed by atoms with van der Waals surface area (Å²) in [5, 5.41) is 11.9. The molecule has 1 rings (SSSR count). The van der Waals surface area contributed by atoms with Crippen molar-refractivity contribution in [1.82, 2.24) is 10.2 Å². The van der Waals surface area contributed by atoms with Crippen LogP contribution in [0.5, 0.6) is 0 Å². The van der Waals surface area contributed by atoms with Gasteiger partial charge in [0.1, 0.15) is 0 Å². The van der Waals surface area contributed by atoms with Crippen molar-refractivity contribution in [3.8, 4) is 0 Å². The molecule has 1 fully saturated rings. The monoisotopic (exact) mass is 314 g/mol. The Morgan fingerprint density at radius 1 is 1.45 bits per heavy atom. The van der Waals surface area contributed by atoms with E-state index in [9.17, 15) is 9.59 Å². The van der Waals surface area contributed by atoms with E-state index < -0.39 is 11.9 Å². The average Bonchev–Trinajstić information content (AvgIpc) is 2.44. The van der Waals surface area contributed by atoms with E-state index in [2.05, 4.69) is 26.1 Å². The number of carbonyl (C=O) groups is 2.